The number of allylic oxidation sites excluding steroid dienone is 1. The summed E-state index contributed by atoms with van der Waals surface area (Å²) in [5.74, 6) is 1.12. The molecule has 0 amide bonds. The molecule has 0 fully saturated rings. The summed E-state index contributed by atoms with van der Waals surface area (Å²) >= 11 is 8.25. The number of carbonyl (C=O) groups excluding carboxylic acids is 1. The normalized spacial score (nSPS) is 15.2. The van der Waals surface area contributed by atoms with Crippen molar-refractivity contribution in [3.05, 3.63) is 81.4 Å². The Hall–Kier alpha value is -2.89. The minimum Gasteiger partial charge on any atom is -0.495 e. The Labute approximate surface area is 246 Å². The average Bonchev–Trinajstić information content (AvgIpc) is 3.17. The lowest BCUT2D eigenvalue weighted by Crippen LogP contribution is -2.40. The van der Waals surface area contributed by atoms with Crippen molar-refractivity contribution >= 4 is 55.2 Å². The first kappa shape index (κ1) is 29.1. The van der Waals surface area contributed by atoms with Crippen LogP contribution in [0.5, 0.6) is 17.2 Å². The fraction of sp³-hybridized carbons (Fsp3) is 0.321. The number of carbonyl (C=O) groups is 1. The molecule has 0 saturated carbocycles. The second-order valence-electron chi connectivity index (χ2n) is 8.89. The topological polar surface area (TPSA) is 88.4 Å². The van der Waals surface area contributed by atoms with Gasteiger partial charge < -0.3 is 18.9 Å². The lowest BCUT2D eigenvalue weighted by molar-refractivity contribution is -0.139. The average molecular weight is 680 g/mol. The number of aromatic nitrogens is 1. The zero-order valence-corrected chi connectivity index (χ0v) is 26.3. The molecule has 11 heteroatoms. The third-order valence-electron chi connectivity index (χ3n) is 5.91. The molecule has 0 bridgehead atoms. The number of hydrogen-bond acceptors (Lipinski definition) is 8. The maximum atomic E-state index is 14.0. The summed E-state index contributed by atoms with van der Waals surface area (Å²) in [7, 11) is 3.12. The molecule has 1 aliphatic heterocycles. The van der Waals surface area contributed by atoms with Crippen molar-refractivity contribution in [3.8, 4) is 17.2 Å². The lowest BCUT2D eigenvalue weighted by atomic mass is 9.95. The van der Waals surface area contributed by atoms with Crippen LogP contribution in [-0.2, 0) is 9.53 Å². The van der Waals surface area contributed by atoms with Gasteiger partial charge in [-0.2, -0.15) is 0 Å². The number of thiazole rings is 1. The Balaban J connectivity index is 1.98. The third kappa shape index (κ3) is 5.85. The summed E-state index contributed by atoms with van der Waals surface area (Å²) in [5.41, 5.74) is 1.85. The number of rotatable bonds is 8. The number of fused-ring (bicyclic) bond motifs is 1. The number of ether oxygens (including phenoxy) is 4. The van der Waals surface area contributed by atoms with Crippen molar-refractivity contribution in [2.45, 2.75) is 39.8 Å². The van der Waals surface area contributed by atoms with Crippen molar-refractivity contribution in [2.24, 2.45) is 4.99 Å². The number of hydrogen-bond donors (Lipinski definition) is 0. The van der Waals surface area contributed by atoms with Gasteiger partial charge in [0.1, 0.15) is 5.75 Å². The van der Waals surface area contributed by atoms with Gasteiger partial charge in [0.05, 0.1) is 53.2 Å². The molecule has 0 saturated heterocycles. The van der Waals surface area contributed by atoms with Gasteiger partial charge in [-0.25, -0.2) is 9.79 Å². The van der Waals surface area contributed by atoms with Gasteiger partial charge in [0.2, 0.25) is 0 Å². The van der Waals surface area contributed by atoms with Crippen LogP contribution >= 0.6 is 43.2 Å². The Bertz CT molecular complexity index is 1640. The van der Waals surface area contributed by atoms with E-state index in [-0.39, 0.29) is 23.8 Å². The molecular weight excluding hydrogens is 652 g/mol. The summed E-state index contributed by atoms with van der Waals surface area (Å²) < 4.78 is 26.0. The standard InChI is InChI=1S/C28H28Br2N2O6S/c1-7-37-27(34)23-15(4)31-28-32(24(23)16-8-9-20(38-14(2)3)21(11-16)35-5)26(33)22(39-28)12-17-10-18(29)13-19(30)25(17)36-6/h8-14,24H,7H2,1-6H3/b22-12+/t24-/m0/s1. The highest BCUT2D eigenvalue weighted by Gasteiger charge is 2.34. The smallest absolute Gasteiger partial charge is 0.338 e. The Morgan fingerprint density at radius 2 is 1.90 bits per heavy atom. The molecule has 0 aliphatic carbocycles. The molecular formula is C28H28Br2N2O6S. The van der Waals surface area contributed by atoms with Gasteiger partial charge in [-0.3, -0.25) is 9.36 Å². The molecule has 39 heavy (non-hydrogen) atoms. The van der Waals surface area contributed by atoms with E-state index >= 15 is 0 Å². The maximum Gasteiger partial charge on any atom is 0.338 e. The molecule has 1 atom stereocenters. The largest absolute Gasteiger partial charge is 0.495 e. The van der Waals surface area contributed by atoms with E-state index in [2.05, 4.69) is 36.9 Å². The van der Waals surface area contributed by atoms with Gasteiger partial charge in [0.25, 0.3) is 5.56 Å². The summed E-state index contributed by atoms with van der Waals surface area (Å²) in [4.78, 5) is 32.3. The molecule has 1 aromatic heterocycles. The minimum absolute atomic E-state index is 0.0605. The molecule has 4 rings (SSSR count). The second-order valence-corrected chi connectivity index (χ2v) is 11.7. The van der Waals surface area contributed by atoms with Crippen LogP contribution in [-0.4, -0.2) is 37.5 Å². The Morgan fingerprint density at radius 1 is 1.15 bits per heavy atom. The van der Waals surface area contributed by atoms with Crippen molar-refractivity contribution in [2.75, 3.05) is 20.8 Å². The summed E-state index contributed by atoms with van der Waals surface area (Å²) in [5, 5.41) is 0. The number of nitrogens with zero attached hydrogens (tertiary/aromatic N) is 2. The van der Waals surface area contributed by atoms with Gasteiger partial charge in [0, 0.05) is 10.0 Å². The molecule has 0 unspecified atom stereocenters. The molecule has 1 aliphatic rings. The van der Waals surface area contributed by atoms with E-state index in [9.17, 15) is 9.59 Å². The molecule has 0 radical (unpaired) electrons. The fourth-order valence-corrected chi connectivity index (χ4v) is 6.81. The molecule has 3 aromatic rings. The Kier molecular flexibility index (Phi) is 9.03. The highest BCUT2D eigenvalue weighted by atomic mass is 79.9. The van der Waals surface area contributed by atoms with Crippen LogP contribution < -0.4 is 29.1 Å². The van der Waals surface area contributed by atoms with Crippen LogP contribution in [0.3, 0.4) is 0 Å². The number of halogens is 2. The van der Waals surface area contributed by atoms with Gasteiger partial charge >= 0.3 is 5.97 Å². The fourth-order valence-electron chi connectivity index (χ4n) is 4.36. The highest BCUT2D eigenvalue weighted by Crippen LogP contribution is 2.37. The summed E-state index contributed by atoms with van der Waals surface area (Å²) in [6.07, 6.45) is 1.70. The first-order chi connectivity index (χ1) is 18.6. The molecule has 8 nitrogen and oxygen atoms in total. The van der Waals surface area contributed by atoms with E-state index in [1.54, 1.807) is 46.3 Å². The van der Waals surface area contributed by atoms with E-state index < -0.39 is 12.0 Å². The SMILES string of the molecule is CCOC(=O)C1=C(C)N=c2s/c(=C/c3cc(Br)cc(Br)c3OC)c(=O)n2[C@H]1c1ccc(OC(C)C)c(OC)c1. The molecule has 206 valence electrons. The zero-order valence-electron chi connectivity index (χ0n) is 22.3. The number of esters is 1. The van der Waals surface area contributed by atoms with Gasteiger partial charge in [-0.05, 0) is 79.5 Å². The van der Waals surface area contributed by atoms with Crippen LogP contribution in [0, 0.1) is 0 Å². The van der Waals surface area contributed by atoms with Crippen LogP contribution in [0.2, 0.25) is 0 Å². The van der Waals surface area contributed by atoms with E-state index in [0.29, 0.717) is 43.4 Å². The van der Waals surface area contributed by atoms with Gasteiger partial charge in [-0.1, -0.05) is 33.3 Å². The molecule has 0 N–H and O–H groups in total. The quantitative estimate of drug-likeness (QED) is 0.307. The summed E-state index contributed by atoms with van der Waals surface area (Å²) in [6.45, 7) is 7.53. The number of methoxy groups -OCH3 is 2. The van der Waals surface area contributed by atoms with Crippen molar-refractivity contribution in [1.82, 2.24) is 4.57 Å². The maximum absolute atomic E-state index is 14.0. The third-order valence-corrected chi connectivity index (χ3v) is 7.94. The van der Waals surface area contributed by atoms with Crippen molar-refractivity contribution < 1.29 is 23.7 Å². The van der Waals surface area contributed by atoms with E-state index in [1.807, 2.05) is 32.0 Å². The van der Waals surface area contributed by atoms with Crippen molar-refractivity contribution in [3.63, 3.8) is 0 Å². The highest BCUT2D eigenvalue weighted by molar-refractivity contribution is 9.11. The summed E-state index contributed by atoms with van der Waals surface area (Å²) in [6, 6.07) is 8.35. The van der Waals surface area contributed by atoms with Crippen LogP contribution in [0.25, 0.3) is 6.08 Å². The second kappa shape index (κ2) is 12.1. The monoisotopic (exact) mass is 678 g/mol. The molecule has 2 heterocycles. The predicted molar refractivity (Wildman–Crippen MR) is 158 cm³/mol. The first-order valence-corrected chi connectivity index (χ1v) is 14.6. The van der Waals surface area contributed by atoms with Crippen LogP contribution in [0.1, 0.15) is 44.9 Å². The van der Waals surface area contributed by atoms with Gasteiger partial charge in [-0.15, -0.1) is 0 Å². The lowest BCUT2D eigenvalue weighted by Gasteiger charge is -2.25. The zero-order chi connectivity index (χ0) is 28.4. The molecule has 0 spiro atoms. The first-order valence-electron chi connectivity index (χ1n) is 12.2. The minimum atomic E-state index is -0.777. The Morgan fingerprint density at radius 3 is 2.54 bits per heavy atom. The van der Waals surface area contributed by atoms with E-state index in [0.717, 1.165) is 8.95 Å². The van der Waals surface area contributed by atoms with Crippen LogP contribution in [0.15, 0.2) is 60.3 Å². The van der Waals surface area contributed by atoms with Gasteiger partial charge in [0.15, 0.2) is 16.3 Å². The predicted octanol–water partition coefficient (Wildman–Crippen LogP) is 5.13. The van der Waals surface area contributed by atoms with E-state index in [4.69, 9.17) is 18.9 Å². The number of benzene rings is 2. The van der Waals surface area contributed by atoms with Crippen LogP contribution in [0.4, 0.5) is 0 Å². The van der Waals surface area contributed by atoms with Crippen molar-refractivity contribution in [1.29, 1.82) is 0 Å². The van der Waals surface area contributed by atoms with E-state index in [1.165, 1.54) is 15.9 Å². The molecule has 2 aromatic carbocycles.